The third-order valence-corrected chi connectivity index (χ3v) is 13.7. The molecule has 9 aromatic rings. The molecule has 0 fully saturated rings. The van der Waals surface area contributed by atoms with Gasteiger partial charge in [0.05, 0.1) is 34.8 Å². The monoisotopic (exact) mass is 974 g/mol. The van der Waals surface area contributed by atoms with E-state index in [2.05, 4.69) is 47.8 Å². The average Bonchev–Trinajstić information content (AvgIpc) is 3.89. The van der Waals surface area contributed by atoms with Crippen molar-refractivity contribution >= 4 is 103 Å². The van der Waals surface area contributed by atoms with Crippen molar-refractivity contribution in [3.05, 3.63) is 138 Å². The van der Waals surface area contributed by atoms with Crippen molar-refractivity contribution in [2.24, 2.45) is 30.7 Å². The van der Waals surface area contributed by atoms with Gasteiger partial charge in [0.2, 0.25) is 5.88 Å². The molecule has 3 aromatic heterocycles. The van der Waals surface area contributed by atoms with E-state index in [0.29, 0.717) is 38.7 Å². The molecule has 0 aliphatic heterocycles. The van der Waals surface area contributed by atoms with Crippen LogP contribution in [0.25, 0.3) is 49.4 Å². The Kier molecular flexibility index (Phi) is 12.2. The summed E-state index contributed by atoms with van der Waals surface area (Å²) in [4.78, 5) is 4.25. The Morgan fingerprint density at radius 1 is 0.725 bits per heavy atom. The van der Waals surface area contributed by atoms with Gasteiger partial charge in [-0.25, -0.2) is 4.98 Å². The lowest BCUT2D eigenvalue weighted by Gasteiger charge is -2.12. The van der Waals surface area contributed by atoms with Crippen LogP contribution in [0.15, 0.2) is 151 Å². The van der Waals surface area contributed by atoms with Gasteiger partial charge in [-0.1, -0.05) is 78.1 Å². The lowest BCUT2D eigenvalue weighted by atomic mass is 10.00. The molecule has 3 N–H and O–H groups in total. The van der Waals surface area contributed by atoms with Crippen LogP contribution < -0.4 is 4.74 Å². The number of hydrogen-bond acceptors (Lipinski definition) is 16. The van der Waals surface area contributed by atoms with Crippen molar-refractivity contribution in [3.63, 3.8) is 0 Å². The van der Waals surface area contributed by atoms with Crippen molar-refractivity contribution < 1.29 is 35.8 Å². The number of rotatable bonds is 13. The summed E-state index contributed by atoms with van der Waals surface area (Å²) in [6.07, 6.45) is -0.0908. The molecule has 0 bridgehead atoms. The number of para-hydroxylation sites is 2. The van der Waals surface area contributed by atoms with E-state index < -0.39 is 26.0 Å². The molecule has 0 saturated carbocycles. The van der Waals surface area contributed by atoms with E-state index in [-0.39, 0.29) is 84.5 Å². The van der Waals surface area contributed by atoms with Crippen LogP contribution in [0.3, 0.4) is 0 Å². The number of imidazole rings is 1. The summed E-state index contributed by atoms with van der Waals surface area (Å²) in [6.45, 7) is 3.14. The second-order valence-corrected chi connectivity index (χ2v) is 19.5. The third kappa shape index (κ3) is 9.23. The van der Waals surface area contributed by atoms with E-state index in [1.807, 2.05) is 42.5 Å². The maximum Gasteiger partial charge on any atom is 0.295 e. The Hall–Kier alpha value is -8.31. The fourth-order valence-electron chi connectivity index (χ4n) is 7.70. The number of aromatic nitrogens is 2. The maximum absolute atomic E-state index is 12.2. The molecule has 0 saturated heterocycles. The van der Waals surface area contributed by atoms with Crippen molar-refractivity contribution in [1.29, 1.82) is 10.5 Å². The highest BCUT2D eigenvalue weighted by molar-refractivity contribution is 7.86. The van der Waals surface area contributed by atoms with Gasteiger partial charge in [0.1, 0.15) is 44.6 Å². The molecule has 0 unspecified atom stereocenters. The molecule has 9 rings (SSSR count). The highest BCUT2D eigenvalue weighted by Gasteiger charge is 2.23. The Bertz CT molecular complexity index is 4000. The number of fused-ring (bicyclic) bond motifs is 5. The van der Waals surface area contributed by atoms with Gasteiger partial charge in [-0.05, 0) is 90.0 Å². The molecule has 69 heavy (non-hydrogen) atoms. The minimum Gasteiger partial charge on any atom is -0.493 e. The first-order valence-corrected chi connectivity index (χ1v) is 24.6. The summed E-state index contributed by atoms with van der Waals surface area (Å²) in [5, 5.41) is 62.3. The molecule has 0 aliphatic carbocycles. The van der Waals surface area contributed by atoms with Crippen LogP contribution in [0, 0.1) is 36.5 Å². The maximum atomic E-state index is 12.2. The molecule has 0 radical (unpaired) electrons. The topological polar surface area (TPSA) is 277 Å². The quantitative estimate of drug-likeness (QED) is 0.0555. The molecule has 6 aromatic carbocycles. The highest BCUT2D eigenvalue weighted by Crippen LogP contribution is 2.49. The fourth-order valence-corrected chi connectivity index (χ4v) is 9.80. The van der Waals surface area contributed by atoms with E-state index in [1.54, 1.807) is 62.4 Å². The summed E-state index contributed by atoms with van der Waals surface area (Å²) in [5.74, 6) is -0.816. The molecule has 3 heterocycles. The number of ether oxygens (including phenoxy) is 1. The Morgan fingerprint density at radius 3 is 2.20 bits per heavy atom. The Morgan fingerprint density at radius 2 is 1.43 bits per heavy atom. The first-order chi connectivity index (χ1) is 33.1. The van der Waals surface area contributed by atoms with Crippen molar-refractivity contribution in [2.75, 3.05) is 12.4 Å². The zero-order chi connectivity index (χ0) is 48.6. The van der Waals surface area contributed by atoms with Gasteiger partial charge in [0.25, 0.3) is 20.2 Å². The minimum absolute atomic E-state index is 0.0127. The first-order valence-electron chi connectivity index (χ1n) is 20.7. The van der Waals surface area contributed by atoms with Crippen LogP contribution in [-0.2, 0) is 20.2 Å². The van der Waals surface area contributed by atoms with Crippen LogP contribution in [-0.4, -0.2) is 52.8 Å². The number of aromatic hydroxyl groups is 1. The zero-order valence-electron chi connectivity index (χ0n) is 36.2. The number of nitrogens with zero attached hydrogens (tertiary/aromatic N) is 10. The van der Waals surface area contributed by atoms with Gasteiger partial charge in [0.15, 0.2) is 16.3 Å². The number of benzene rings is 6. The zero-order valence-corrected chi connectivity index (χ0v) is 38.6. The van der Waals surface area contributed by atoms with E-state index in [9.17, 15) is 41.6 Å². The fraction of sp³-hybridized carbons (Fsp3) is 0.104. The van der Waals surface area contributed by atoms with E-state index in [0.717, 1.165) is 22.1 Å². The molecule has 0 atom stereocenters. The summed E-state index contributed by atoms with van der Waals surface area (Å²) in [6, 6.07) is 37.2. The van der Waals surface area contributed by atoms with Crippen LogP contribution in [0.4, 0.5) is 32.8 Å². The number of azo groups is 3. The SMILES string of the molecule is Cc1cc(N=Nc2c(C)c(C#N)c3nc4ccccc4n3c2O)c(OCCCS(=O)(=O)O)cc1N=Nc1sc(N=Nc2ccc3cccc(S(=O)(=O)O)c3c2)c(-c2ccc3ccccc3c2)c1C#N. The second kappa shape index (κ2) is 18.4. The number of thiophene rings is 1. The van der Waals surface area contributed by atoms with Crippen LogP contribution in [0.5, 0.6) is 11.6 Å². The lowest BCUT2D eigenvalue weighted by Crippen LogP contribution is -2.08. The molecule has 21 heteroatoms. The molecule has 0 aliphatic rings. The largest absolute Gasteiger partial charge is 0.493 e. The smallest absolute Gasteiger partial charge is 0.295 e. The summed E-state index contributed by atoms with van der Waals surface area (Å²) in [5.41, 5.74) is 4.18. The molecule has 0 amide bonds. The average molecular weight is 975 g/mol. The van der Waals surface area contributed by atoms with Gasteiger partial charge in [-0.2, -0.15) is 27.4 Å². The van der Waals surface area contributed by atoms with Gasteiger partial charge in [-0.15, -0.1) is 30.7 Å². The summed E-state index contributed by atoms with van der Waals surface area (Å²) < 4.78 is 74.1. The van der Waals surface area contributed by atoms with Gasteiger partial charge in [0, 0.05) is 22.6 Å². The molecule has 342 valence electrons. The van der Waals surface area contributed by atoms with E-state index >= 15 is 0 Å². The number of pyridine rings is 1. The Balaban J connectivity index is 1.13. The van der Waals surface area contributed by atoms with E-state index in [4.69, 9.17) is 4.74 Å². The highest BCUT2D eigenvalue weighted by atomic mass is 32.2. The summed E-state index contributed by atoms with van der Waals surface area (Å²) in [7, 11) is -8.86. The standard InChI is InChI=1S/C48H34N10O8S3/c1-27-21-39(54-55-44-28(2)35(25-49)45-51-37-12-5-6-13-40(37)58(45)48(44)59)41(66-19-8-20-68(60,61)62)24-38(27)53-56-46-36(26-50)43(32-16-15-29-9-3-4-10-31(29)22-32)47(67-46)57-52-33-18-17-30-11-7-14-42(34(30)23-33)69(63,64)65/h3-7,9-18,21-24,59H,8,19-20H2,1-2H3,(H,60,61,62)(H,63,64,65). The number of aryl methyl sites for hydroxylation is 1. The van der Waals surface area contributed by atoms with Gasteiger partial charge >= 0.3 is 0 Å². The minimum atomic E-state index is -4.56. The normalized spacial score (nSPS) is 12.3. The van der Waals surface area contributed by atoms with Crippen LogP contribution in [0.1, 0.15) is 28.7 Å². The van der Waals surface area contributed by atoms with E-state index in [1.165, 1.54) is 28.7 Å². The third-order valence-electron chi connectivity index (χ3n) is 11.0. The number of hydrogen-bond donors (Lipinski definition) is 3. The predicted molar refractivity (Wildman–Crippen MR) is 260 cm³/mol. The lowest BCUT2D eigenvalue weighted by molar-refractivity contribution is 0.317. The van der Waals surface area contributed by atoms with Gasteiger partial charge < -0.3 is 9.84 Å². The van der Waals surface area contributed by atoms with Crippen LogP contribution in [0.2, 0.25) is 0 Å². The molecular weight excluding hydrogens is 941 g/mol. The van der Waals surface area contributed by atoms with Crippen LogP contribution >= 0.6 is 11.3 Å². The second-order valence-electron chi connectivity index (χ2n) is 15.5. The van der Waals surface area contributed by atoms with Gasteiger partial charge in [-0.3, -0.25) is 13.5 Å². The first kappa shape index (κ1) is 45.8. The number of nitriles is 2. The van der Waals surface area contributed by atoms with Crippen molar-refractivity contribution in [1.82, 2.24) is 9.38 Å². The van der Waals surface area contributed by atoms with Crippen molar-refractivity contribution in [3.8, 4) is 34.9 Å². The molecular formula is C48H34N10O8S3. The Labute approximate surface area is 397 Å². The summed E-state index contributed by atoms with van der Waals surface area (Å²) >= 11 is 1.03. The molecule has 18 nitrogen and oxygen atoms in total. The molecule has 0 spiro atoms. The van der Waals surface area contributed by atoms with Crippen molar-refractivity contribution in [2.45, 2.75) is 25.2 Å². The predicted octanol–water partition coefficient (Wildman–Crippen LogP) is 12.7.